The van der Waals surface area contributed by atoms with Crippen molar-refractivity contribution in [3.8, 4) is 0 Å². The van der Waals surface area contributed by atoms with Crippen LogP contribution in [0.25, 0.3) is 0 Å². The SMILES string of the molecule is Cc1ccncc1C1CCNCC1C1CCCC1. The number of nitrogens with zero attached hydrogens (tertiary/aromatic N) is 1. The van der Waals surface area contributed by atoms with Gasteiger partial charge in [0.25, 0.3) is 0 Å². The maximum Gasteiger partial charge on any atom is 0.0305 e. The highest BCUT2D eigenvalue weighted by Crippen LogP contribution is 2.42. The van der Waals surface area contributed by atoms with E-state index in [9.17, 15) is 0 Å². The van der Waals surface area contributed by atoms with E-state index < -0.39 is 0 Å². The summed E-state index contributed by atoms with van der Waals surface area (Å²) >= 11 is 0. The lowest BCUT2D eigenvalue weighted by molar-refractivity contribution is 0.230. The number of rotatable bonds is 2. The molecule has 2 heterocycles. The van der Waals surface area contributed by atoms with Crippen LogP contribution in [0.15, 0.2) is 18.5 Å². The number of hydrogen-bond acceptors (Lipinski definition) is 2. The smallest absolute Gasteiger partial charge is 0.0305 e. The summed E-state index contributed by atoms with van der Waals surface area (Å²) in [5.74, 6) is 2.52. The van der Waals surface area contributed by atoms with E-state index in [1.54, 1.807) is 0 Å². The zero-order chi connectivity index (χ0) is 12.4. The van der Waals surface area contributed by atoms with Gasteiger partial charge < -0.3 is 5.32 Å². The van der Waals surface area contributed by atoms with Gasteiger partial charge in [0.15, 0.2) is 0 Å². The van der Waals surface area contributed by atoms with Crippen LogP contribution in [0.2, 0.25) is 0 Å². The van der Waals surface area contributed by atoms with Crippen molar-refractivity contribution in [2.75, 3.05) is 13.1 Å². The van der Waals surface area contributed by atoms with E-state index in [0.29, 0.717) is 0 Å². The van der Waals surface area contributed by atoms with Crippen molar-refractivity contribution in [1.82, 2.24) is 10.3 Å². The maximum absolute atomic E-state index is 4.36. The molecule has 1 aromatic rings. The highest BCUT2D eigenvalue weighted by molar-refractivity contribution is 5.27. The van der Waals surface area contributed by atoms with Crippen LogP contribution in [0.1, 0.15) is 49.1 Å². The molecule has 2 nitrogen and oxygen atoms in total. The Morgan fingerprint density at radius 1 is 1.22 bits per heavy atom. The Balaban J connectivity index is 1.85. The third-order valence-electron chi connectivity index (χ3n) is 5.01. The summed E-state index contributed by atoms with van der Waals surface area (Å²) in [4.78, 5) is 4.36. The van der Waals surface area contributed by atoms with Crippen LogP contribution >= 0.6 is 0 Å². The fourth-order valence-corrected chi connectivity index (χ4v) is 4.01. The molecule has 0 aromatic carbocycles. The molecule has 1 saturated carbocycles. The number of pyridine rings is 1. The molecule has 1 N–H and O–H groups in total. The van der Waals surface area contributed by atoms with E-state index in [2.05, 4.69) is 29.5 Å². The molecule has 0 radical (unpaired) electrons. The van der Waals surface area contributed by atoms with E-state index in [0.717, 1.165) is 17.8 Å². The van der Waals surface area contributed by atoms with Crippen LogP contribution in [-0.2, 0) is 0 Å². The summed E-state index contributed by atoms with van der Waals surface area (Å²) < 4.78 is 0. The van der Waals surface area contributed by atoms with Gasteiger partial charge in [0.05, 0.1) is 0 Å². The molecule has 2 heteroatoms. The van der Waals surface area contributed by atoms with E-state index in [1.165, 1.54) is 56.3 Å². The van der Waals surface area contributed by atoms with Crippen molar-refractivity contribution in [2.45, 2.75) is 44.9 Å². The van der Waals surface area contributed by atoms with E-state index in [-0.39, 0.29) is 0 Å². The number of aryl methyl sites for hydroxylation is 1. The lowest BCUT2D eigenvalue weighted by Gasteiger charge is -2.37. The van der Waals surface area contributed by atoms with Gasteiger partial charge in [-0.3, -0.25) is 4.98 Å². The van der Waals surface area contributed by atoms with Crippen LogP contribution in [0.3, 0.4) is 0 Å². The molecular formula is C16H24N2. The monoisotopic (exact) mass is 244 g/mol. The molecule has 2 atom stereocenters. The third kappa shape index (κ3) is 2.31. The van der Waals surface area contributed by atoms with Gasteiger partial charge >= 0.3 is 0 Å². The minimum Gasteiger partial charge on any atom is -0.316 e. The first kappa shape index (κ1) is 12.2. The van der Waals surface area contributed by atoms with E-state index in [1.807, 2.05) is 6.20 Å². The molecule has 2 aliphatic rings. The first-order chi connectivity index (χ1) is 8.86. The predicted octanol–water partition coefficient (Wildman–Crippen LogP) is 3.27. The quantitative estimate of drug-likeness (QED) is 0.863. The molecule has 2 unspecified atom stereocenters. The fraction of sp³-hybridized carbons (Fsp3) is 0.688. The van der Waals surface area contributed by atoms with Crippen LogP contribution in [0.5, 0.6) is 0 Å². The van der Waals surface area contributed by atoms with Crippen molar-refractivity contribution in [2.24, 2.45) is 11.8 Å². The van der Waals surface area contributed by atoms with E-state index >= 15 is 0 Å². The summed E-state index contributed by atoms with van der Waals surface area (Å²) in [6.45, 7) is 4.62. The lowest BCUT2D eigenvalue weighted by atomic mass is 9.73. The molecule has 1 aromatic heterocycles. The summed E-state index contributed by atoms with van der Waals surface area (Å²) in [5, 5.41) is 3.61. The standard InChI is InChI=1S/C16H24N2/c1-12-6-8-17-10-15(12)14-7-9-18-11-16(14)13-4-2-3-5-13/h6,8,10,13-14,16,18H,2-5,7,9,11H2,1H3. The normalized spacial score (nSPS) is 29.6. The van der Waals surface area contributed by atoms with Crippen LogP contribution in [-0.4, -0.2) is 18.1 Å². The molecular weight excluding hydrogens is 220 g/mol. The minimum absolute atomic E-state index is 0.739. The van der Waals surface area contributed by atoms with Crippen molar-refractivity contribution < 1.29 is 0 Å². The Hall–Kier alpha value is -0.890. The van der Waals surface area contributed by atoms with Gasteiger partial charge in [-0.15, -0.1) is 0 Å². The van der Waals surface area contributed by atoms with Crippen LogP contribution in [0.4, 0.5) is 0 Å². The van der Waals surface area contributed by atoms with Crippen molar-refractivity contribution in [1.29, 1.82) is 0 Å². The molecule has 2 fully saturated rings. The Bertz CT molecular complexity index is 396. The highest BCUT2D eigenvalue weighted by Gasteiger charge is 2.34. The average molecular weight is 244 g/mol. The Morgan fingerprint density at radius 2 is 2.06 bits per heavy atom. The molecule has 0 spiro atoms. The number of aromatic nitrogens is 1. The molecule has 98 valence electrons. The summed E-state index contributed by atoms with van der Waals surface area (Å²) in [6, 6.07) is 2.17. The molecule has 1 saturated heterocycles. The van der Waals surface area contributed by atoms with Gasteiger partial charge in [0.1, 0.15) is 0 Å². The maximum atomic E-state index is 4.36. The topological polar surface area (TPSA) is 24.9 Å². The zero-order valence-corrected chi connectivity index (χ0v) is 11.4. The second kappa shape index (κ2) is 5.40. The molecule has 3 rings (SSSR count). The van der Waals surface area contributed by atoms with Gasteiger partial charge in [-0.1, -0.05) is 25.7 Å². The molecule has 1 aliphatic heterocycles. The molecule has 1 aliphatic carbocycles. The summed E-state index contributed by atoms with van der Waals surface area (Å²) in [5.41, 5.74) is 2.94. The zero-order valence-electron chi connectivity index (χ0n) is 11.4. The molecule has 18 heavy (non-hydrogen) atoms. The van der Waals surface area contributed by atoms with Gasteiger partial charge in [-0.05, 0) is 61.4 Å². The van der Waals surface area contributed by atoms with Crippen LogP contribution in [0, 0.1) is 18.8 Å². The van der Waals surface area contributed by atoms with Crippen LogP contribution < -0.4 is 5.32 Å². The molecule has 0 bridgehead atoms. The van der Waals surface area contributed by atoms with Crippen molar-refractivity contribution in [3.63, 3.8) is 0 Å². The Kier molecular flexibility index (Phi) is 3.64. The number of piperidine rings is 1. The van der Waals surface area contributed by atoms with Gasteiger partial charge in [-0.2, -0.15) is 0 Å². The summed E-state index contributed by atoms with van der Waals surface area (Å²) in [7, 11) is 0. The Morgan fingerprint density at radius 3 is 2.83 bits per heavy atom. The average Bonchev–Trinajstić information content (AvgIpc) is 2.93. The fourth-order valence-electron chi connectivity index (χ4n) is 4.01. The first-order valence-corrected chi connectivity index (χ1v) is 7.47. The van der Waals surface area contributed by atoms with E-state index in [4.69, 9.17) is 0 Å². The van der Waals surface area contributed by atoms with Gasteiger partial charge in [0.2, 0.25) is 0 Å². The number of nitrogens with one attached hydrogen (secondary N) is 1. The third-order valence-corrected chi connectivity index (χ3v) is 5.01. The second-order valence-electron chi connectivity index (χ2n) is 6.04. The largest absolute Gasteiger partial charge is 0.316 e. The molecule has 0 amide bonds. The predicted molar refractivity (Wildman–Crippen MR) is 74.6 cm³/mol. The van der Waals surface area contributed by atoms with Gasteiger partial charge in [-0.25, -0.2) is 0 Å². The lowest BCUT2D eigenvalue weighted by Crippen LogP contribution is -2.39. The van der Waals surface area contributed by atoms with Crippen molar-refractivity contribution in [3.05, 3.63) is 29.6 Å². The van der Waals surface area contributed by atoms with Crippen molar-refractivity contribution >= 4 is 0 Å². The number of hydrogen-bond donors (Lipinski definition) is 1. The second-order valence-corrected chi connectivity index (χ2v) is 6.04. The highest BCUT2D eigenvalue weighted by atomic mass is 14.9. The van der Waals surface area contributed by atoms with Gasteiger partial charge in [0, 0.05) is 12.4 Å². The summed E-state index contributed by atoms with van der Waals surface area (Å²) in [6.07, 6.45) is 11.1. The Labute approximate surface area is 110 Å². The minimum atomic E-state index is 0.739. The first-order valence-electron chi connectivity index (χ1n) is 7.47.